The predicted octanol–water partition coefficient (Wildman–Crippen LogP) is 6.94. The highest BCUT2D eigenvalue weighted by Gasteiger charge is 2.48. The third-order valence-electron chi connectivity index (χ3n) is 7.57. The van der Waals surface area contributed by atoms with Crippen LogP contribution in [0.25, 0.3) is 16.0 Å². The van der Waals surface area contributed by atoms with Crippen LogP contribution < -0.4 is 14.4 Å². The largest absolute Gasteiger partial charge is 0.507 e. The predicted molar refractivity (Wildman–Crippen MR) is 161 cm³/mol. The molecule has 1 amide bonds. The Bertz CT molecular complexity index is 1710. The second-order valence-electron chi connectivity index (χ2n) is 11.6. The first-order valence-corrected chi connectivity index (χ1v) is 14.6. The van der Waals surface area contributed by atoms with Crippen molar-refractivity contribution in [1.82, 2.24) is 4.98 Å². The number of Topliss-reactive ketones (excluding diaryl/α,β-unsaturated/α-hetero) is 1. The number of anilines is 1. The molecular formula is C33H32N2O5S. The molecule has 6 rings (SSSR count). The topological polar surface area (TPSA) is 89.0 Å². The first kappa shape index (κ1) is 27.0. The van der Waals surface area contributed by atoms with Crippen molar-refractivity contribution >= 4 is 44.1 Å². The molecule has 0 bridgehead atoms. The molecule has 0 saturated carbocycles. The number of carbonyl (C=O) groups excluding carboxylic acids is 2. The van der Waals surface area contributed by atoms with E-state index < -0.39 is 17.7 Å². The van der Waals surface area contributed by atoms with Gasteiger partial charge in [-0.05, 0) is 72.4 Å². The normalized spacial score (nSPS) is 20.0. The number of hydrogen-bond donors (Lipinski definition) is 1. The van der Waals surface area contributed by atoms with Gasteiger partial charge in [0, 0.05) is 12.0 Å². The summed E-state index contributed by atoms with van der Waals surface area (Å²) < 4.78 is 12.3. The zero-order valence-corrected chi connectivity index (χ0v) is 24.5. The average Bonchev–Trinajstić information content (AvgIpc) is 3.60. The molecule has 0 spiro atoms. The van der Waals surface area contributed by atoms with Crippen LogP contribution in [-0.2, 0) is 21.4 Å². The van der Waals surface area contributed by atoms with E-state index in [1.165, 1.54) is 16.2 Å². The number of thiazole rings is 1. The van der Waals surface area contributed by atoms with Gasteiger partial charge in [0.1, 0.15) is 23.4 Å². The molecule has 2 aliphatic heterocycles. The van der Waals surface area contributed by atoms with Crippen LogP contribution in [0, 0.1) is 0 Å². The lowest BCUT2D eigenvalue weighted by atomic mass is 9.85. The van der Waals surface area contributed by atoms with E-state index in [0.29, 0.717) is 40.6 Å². The van der Waals surface area contributed by atoms with Crippen molar-refractivity contribution in [3.8, 4) is 11.5 Å². The summed E-state index contributed by atoms with van der Waals surface area (Å²) >= 11 is 1.31. The SMILES string of the molecule is CCOc1ccc2nc(N3C(=O)C(=O)/C(=C(\O)c4ccc5c(c4)CC(C)O5)C3c3ccc(C(C)(C)C)cc3)sc2c1. The fourth-order valence-corrected chi connectivity index (χ4v) is 6.51. The van der Waals surface area contributed by atoms with Gasteiger partial charge in [-0.1, -0.05) is 56.4 Å². The maximum Gasteiger partial charge on any atom is 0.301 e. The zero-order chi connectivity index (χ0) is 29.1. The summed E-state index contributed by atoms with van der Waals surface area (Å²) in [6.07, 6.45) is 0.745. The van der Waals surface area contributed by atoms with Crippen molar-refractivity contribution in [3.05, 3.63) is 88.5 Å². The number of ether oxygens (including phenoxy) is 2. The summed E-state index contributed by atoms with van der Waals surface area (Å²) in [7, 11) is 0. The summed E-state index contributed by atoms with van der Waals surface area (Å²) in [5.74, 6) is -0.200. The number of benzene rings is 3. The van der Waals surface area contributed by atoms with Gasteiger partial charge in [-0.2, -0.15) is 0 Å². The van der Waals surface area contributed by atoms with Gasteiger partial charge in [-0.15, -0.1) is 0 Å². The first-order valence-electron chi connectivity index (χ1n) is 13.8. The summed E-state index contributed by atoms with van der Waals surface area (Å²) in [6, 6.07) is 18.0. The van der Waals surface area contributed by atoms with Gasteiger partial charge in [0.2, 0.25) is 0 Å². The van der Waals surface area contributed by atoms with Crippen molar-refractivity contribution in [2.75, 3.05) is 11.5 Å². The van der Waals surface area contributed by atoms with Gasteiger partial charge < -0.3 is 14.6 Å². The van der Waals surface area contributed by atoms with E-state index in [1.54, 1.807) is 12.1 Å². The third-order valence-corrected chi connectivity index (χ3v) is 8.59. The number of fused-ring (bicyclic) bond motifs is 2. The number of aliphatic hydroxyl groups excluding tert-OH is 1. The monoisotopic (exact) mass is 568 g/mol. The van der Waals surface area contributed by atoms with Crippen LogP contribution in [0.4, 0.5) is 5.13 Å². The number of aliphatic hydroxyl groups is 1. The van der Waals surface area contributed by atoms with E-state index in [2.05, 4.69) is 20.8 Å². The van der Waals surface area contributed by atoms with E-state index in [0.717, 1.165) is 21.6 Å². The minimum absolute atomic E-state index is 0.0385. The van der Waals surface area contributed by atoms with Crippen molar-refractivity contribution in [2.24, 2.45) is 0 Å². The van der Waals surface area contributed by atoms with E-state index in [1.807, 2.05) is 62.4 Å². The smallest absolute Gasteiger partial charge is 0.301 e. The molecule has 1 aromatic heterocycles. The quantitative estimate of drug-likeness (QED) is 0.159. The average molecular weight is 569 g/mol. The van der Waals surface area contributed by atoms with Gasteiger partial charge in [0.05, 0.1) is 28.4 Å². The molecule has 0 radical (unpaired) electrons. The highest BCUT2D eigenvalue weighted by molar-refractivity contribution is 7.22. The van der Waals surface area contributed by atoms with Crippen LogP contribution in [0.3, 0.4) is 0 Å². The van der Waals surface area contributed by atoms with Crippen molar-refractivity contribution in [3.63, 3.8) is 0 Å². The minimum atomic E-state index is -0.848. The summed E-state index contributed by atoms with van der Waals surface area (Å²) in [6.45, 7) is 10.8. The molecule has 1 fully saturated rings. The molecule has 2 unspecified atom stereocenters. The minimum Gasteiger partial charge on any atom is -0.507 e. The molecule has 1 saturated heterocycles. The number of rotatable bonds is 5. The number of hydrogen-bond acceptors (Lipinski definition) is 7. The van der Waals surface area contributed by atoms with Gasteiger partial charge in [0.25, 0.3) is 5.78 Å². The molecule has 4 aromatic rings. The number of nitrogens with zero attached hydrogens (tertiary/aromatic N) is 2. The molecule has 210 valence electrons. The molecule has 7 nitrogen and oxygen atoms in total. The van der Waals surface area contributed by atoms with Crippen molar-refractivity contribution in [2.45, 2.75) is 58.6 Å². The van der Waals surface area contributed by atoms with Gasteiger partial charge in [-0.3, -0.25) is 14.5 Å². The van der Waals surface area contributed by atoms with Crippen LogP contribution in [0.5, 0.6) is 11.5 Å². The molecule has 2 aliphatic rings. The van der Waals surface area contributed by atoms with E-state index in [-0.39, 0.29) is 22.9 Å². The molecule has 3 heterocycles. The maximum absolute atomic E-state index is 13.7. The molecule has 1 N–H and O–H groups in total. The van der Waals surface area contributed by atoms with Crippen LogP contribution in [0.15, 0.2) is 66.2 Å². The van der Waals surface area contributed by atoms with Crippen molar-refractivity contribution in [1.29, 1.82) is 0 Å². The lowest BCUT2D eigenvalue weighted by molar-refractivity contribution is -0.132. The summed E-state index contributed by atoms with van der Waals surface area (Å²) in [4.78, 5) is 33.5. The Labute approximate surface area is 243 Å². The Hall–Kier alpha value is -4.17. The third kappa shape index (κ3) is 4.76. The van der Waals surface area contributed by atoms with Crippen LogP contribution in [0.1, 0.15) is 62.9 Å². The Balaban J connectivity index is 1.51. The highest BCUT2D eigenvalue weighted by atomic mass is 32.1. The molecule has 8 heteroatoms. The van der Waals surface area contributed by atoms with Crippen LogP contribution >= 0.6 is 11.3 Å². The Morgan fingerprint density at radius 1 is 1.10 bits per heavy atom. The number of aromatic nitrogens is 1. The zero-order valence-electron chi connectivity index (χ0n) is 23.7. The van der Waals surface area contributed by atoms with E-state index in [9.17, 15) is 14.7 Å². The number of ketones is 1. The second kappa shape index (κ2) is 10.0. The Kier molecular flexibility index (Phi) is 6.61. The fraction of sp³-hybridized carbons (Fsp3) is 0.303. The second-order valence-corrected chi connectivity index (χ2v) is 12.6. The molecule has 3 aromatic carbocycles. The van der Waals surface area contributed by atoms with Gasteiger partial charge in [0.15, 0.2) is 5.13 Å². The summed E-state index contributed by atoms with van der Waals surface area (Å²) in [5.41, 5.74) is 3.93. The molecule has 41 heavy (non-hydrogen) atoms. The lowest BCUT2D eigenvalue weighted by Gasteiger charge is -2.24. The van der Waals surface area contributed by atoms with Gasteiger partial charge in [-0.25, -0.2) is 4.98 Å². The first-order chi connectivity index (χ1) is 19.5. The number of amides is 1. The van der Waals surface area contributed by atoms with Gasteiger partial charge >= 0.3 is 5.91 Å². The fourth-order valence-electron chi connectivity index (χ4n) is 5.49. The lowest BCUT2D eigenvalue weighted by Crippen LogP contribution is -2.29. The maximum atomic E-state index is 13.7. The standard InChI is InChI=1S/C33H32N2O5S/c1-6-39-23-12-13-24-26(17-23)41-32(34-24)35-28(19-7-10-22(11-8-19)33(3,4)5)27(30(37)31(35)38)29(36)20-9-14-25-21(16-20)15-18(2)40-25/h7-14,16-18,28,36H,6,15H2,1-5H3/b29-27-. The molecule has 0 aliphatic carbocycles. The molecular weight excluding hydrogens is 536 g/mol. The van der Waals surface area contributed by atoms with Crippen LogP contribution in [-0.4, -0.2) is 34.5 Å². The van der Waals surface area contributed by atoms with Crippen LogP contribution in [0.2, 0.25) is 0 Å². The highest BCUT2D eigenvalue weighted by Crippen LogP contribution is 2.45. The van der Waals surface area contributed by atoms with E-state index in [4.69, 9.17) is 14.5 Å². The summed E-state index contributed by atoms with van der Waals surface area (Å²) in [5, 5.41) is 12.0. The van der Waals surface area contributed by atoms with E-state index >= 15 is 0 Å². The Morgan fingerprint density at radius 3 is 2.56 bits per heavy atom. The Morgan fingerprint density at radius 2 is 1.85 bits per heavy atom. The molecule has 2 atom stereocenters. The number of carbonyl (C=O) groups is 2. The van der Waals surface area contributed by atoms with Crippen molar-refractivity contribution < 1.29 is 24.2 Å².